The zero-order valence-corrected chi connectivity index (χ0v) is 8.77. The highest BCUT2D eigenvalue weighted by Gasteiger charge is 2.03. The number of hydrogen-bond acceptors (Lipinski definition) is 1. The van der Waals surface area contributed by atoms with Gasteiger partial charge in [-0.2, -0.15) is 0 Å². The lowest BCUT2D eigenvalue weighted by Crippen LogP contribution is -1.79. The van der Waals surface area contributed by atoms with Crippen LogP contribution < -0.4 is 0 Å². The lowest BCUT2D eigenvalue weighted by Gasteiger charge is -2.00. The summed E-state index contributed by atoms with van der Waals surface area (Å²) in [5, 5.41) is 0. The summed E-state index contributed by atoms with van der Waals surface area (Å²) >= 11 is 1.77. The van der Waals surface area contributed by atoms with Gasteiger partial charge in [-0.15, -0.1) is 17.8 Å². The summed E-state index contributed by atoms with van der Waals surface area (Å²) in [6.07, 6.45) is 5.45. The second-order valence-corrected chi connectivity index (χ2v) is 4.39. The van der Waals surface area contributed by atoms with Gasteiger partial charge in [-0.3, -0.25) is 0 Å². The normalized spacial score (nSPS) is 9.71. The smallest absolute Gasteiger partial charge is 0.0358 e. The Kier molecular flexibility index (Phi) is 2.39. The van der Waals surface area contributed by atoms with E-state index in [9.17, 15) is 0 Å². The summed E-state index contributed by atoms with van der Waals surface area (Å²) in [4.78, 5) is 2.56. The molecule has 0 atom stereocenters. The maximum absolute atomic E-state index is 5.45. The van der Waals surface area contributed by atoms with Crippen LogP contribution >= 0.6 is 11.3 Å². The molecule has 0 bridgehead atoms. The van der Waals surface area contributed by atoms with Crippen LogP contribution in [0.25, 0.3) is 10.4 Å². The van der Waals surface area contributed by atoms with E-state index in [1.165, 1.54) is 9.75 Å². The summed E-state index contributed by atoms with van der Waals surface area (Å²) in [6.45, 7) is 2.10. The third-order valence-electron chi connectivity index (χ3n) is 2.09. The highest BCUT2D eigenvalue weighted by Crippen LogP contribution is 2.29. The first-order chi connectivity index (χ1) is 6.81. The SMILES string of the molecule is C#Cc1ccccc1-c1ccc(C)s1. The van der Waals surface area contributed by atoms with Gasteiger partial charge in [0.1, 0.15) is 0 Å². The van der Waals surface area contributed by atoms with E-state index in [-0.39, 0.29) is 0 Å². The number of aryl methyl sites for hydroxylation is 1. The predicted octanol–water partition coefficient (Wildman–Crippen LogP) is 3.70. The molecule has 2 rings (SSSR count). The molecule has 0 saturated carbocycles. The van der Waals surface area contributed by atoms with Crippen LogP contribution in [0.5, 0.6) is 0 Å². The van der Waals surface area contributed by atoms with Crippen LogP contribution in [0.2, 0.25) is 0 Å². The third kappa shape index (κ3) is 1.57. The fraction of sp³-hybridized carbons (Fsp3) is 0.0769. The van der Waals surface area contributed by atoms with E-state index in [0.717, 1.165) is 11.1 Å². The van der Waals surface area contributed by atoms with Crippen molar-refractivity contribution < 1.29 is 0 Å². The molecule has 0 aliphatic heterocycles. The highest BCUT2D eigenvalue weighted by molar-refractivity contribution is 7.15. The van der Waals surface area contributed by atoms with E-state index in [1.807, 2.05) is 18.2 Å². The van der Waals surface area contributed by atoms with Crippen LogP contribution in [-0.2, 0) is 0 Å². The maximum atomic E-state index is 5.45. The van der Waals surface area contributed by atoms with Gasteiger partial charge in [-0.1, -0.05) is 24.1 Å². The Morgan fingerprint density at radius 2 is 1.93 bits per heavy atom. The van der Waals surface area contributed by atoms with E-state index < -0.39 is 0 Å². The zero-order valence-electron chi connectivity index (χ0n) is 7.95. The first-order valence-corrected chi connectivity index (χ1v) is 5.25. The first-order valence-electron chi connectivity index (χ1n) is 4.43. The summed E-state index contributed by atoms with van der Waals surface area (Å²) in [5.74, 6) is 2.71. The summed E-state index contributed by atoms with van der Waals surface area (Å²) in [6, 6.07) is 12.3. The molecule has 2 aromatic rings. The Hall–Kier alpha value is -1.52. The van der Waals surface area contributed by atoms with Gasteiger partial charge in [0.25, 0.3) is 0 Å². The Labute approximate surface area is 88.2 Å². The molecule has 14 heavy (non-hydrogen) atoms. The van der Waals surface area contributed by atoms with Crippen molar-refractivity contribution in [1.82, 2.24) is 0 Å². The van der Waals surface area contributed by atoms with Gasteiger partial charge in [-0.05, 0) is 25.1 Å². The predicted molar refractivity (Wildman–Crippen MR) is 62.4 cm³/mol. The summed E-state index contributed by atoms with van der Waals surface area (Å²) in [5.41, 5.74) is 2.13. The standard InChI is InChI=1S/C13H10S/c1-3-11-6-4-5-7-12(11)13-9-8-10(2)14-13/h1,4-9H,2H3. The molecular weight excluding hydrogens is 188 g/mol. The molecule has 0 aliphatic carbocycles. The zero-order chi connectivity index (χ0) is 9.97. The molecule has 0 nitrogen and oxygen atoms in total. The minimum atomic E-state index is 0.967. The van der Waals surface area contributed by atoms with Gasteiger partial charge >= 0.3 is 0 Å². The van der Waals surface area contributed by atoms with Gasteiger partial charge in [0, 0.05) is 20.9 Å². The van der Waals surface area contributed by atoms with E-state index in [1.54, 1.807) is 11.3 Å². The summed E-state index contributed by atoms with van der Waals surface area (Å²) in [7, 11) is 0. The Morgan fingerprint density at radius 3 is 2.57 bits per heavy atom. The minimum Gasteiger partial charge on any atom is -0.141 e. The molecule has 1 heteroatoms. The van der Waals surface area contributed by atoms with Crippen LogP contribution in [0.3, 0.4) is 0 Å². The first kappa shape index (κ1) is 9.05. The molecule has 0 amide bonds. The number of rotatable bonds is 1. The van der Waals surface area contributed by atoms with Gasteiger partial charge in [0.2, 0.25) is 0 Å². The number of thiophene rings is 1. The van der Waals surface area contributed by atoms with E-state index in [0.29, 0.717) is 0 Å². The van der Waals surface area contributed by atoms with Crippen molar-refractivity contribution in [3.8, 4) is 22.8 Å². The van der Waals surface area contributed by atoms with Crippen LogP contribution in [0.1, 0.15) is 10.4 Å². The largest absolute Gasteiger partial charge is 0.141 e. The molecule has 1 aromatic carbocycles. The number of benzene rings is 1. The van der Waals surface area contributed by atoms with Crippen LogP contribution in [-0.4, -0.2) is 0 Å². The van der Waals surface area contributed by atoms with Crippen molar-refractivity contribution in [1.29, 1.82) is 0 Å². The van der Waals surface area contributed by atoms with Crippen molar-refractivity contribution >= 4 is 11.3 Å². The molecule has 1 heterocycles. The molecule has 0 saturated heterocycles. The minimum absolute atomic E-state index is 0.967. The van der Waals surface area contributed by atoms with Crippen LogP contribution in [0.4, 0.5) is 0 Å². The van der Waals surface area contributed by atoms with Crippen molar-refractivity contribution in [2.75, 3.05) is 0 Å². The lowest BCUT2D eigenvalue weighted by molar-refractivity contribution is 1.63. The fourth-order valence-electron chi connectivity index (χ4n) is 1.40. The van der Waals surface area contributed by atoms with E-state index >= 15 is 0 Å². The van der Waals surface area contributed by atoms with Crippen molar-refractivity contribution in [2.45, 2.75) is 6.92 Å². The molecule has 0 spiro atoms. The Morgan fingerprint density at radius 1 is 1.14 bits per heavy atom. The van der Waals surface area contributed by atoms with E-state index in [4.69, 9.17) is 6.42 Å². The van der Waals surface area contributed by atoms with Crippen LogP contribution in [0, 0.1) is 19.3 Å². The van der Waals surface area contributed by atoms with E-state index in [2.05, 4.69) is 31.0 Å². The van der Waals surface area contributed by atoms with Crippen molar-refractivity contribution in [3.05, 3.63) is 46.8 Å². The van der Waals surface area contributed by atoms with Crippen LogP contribution in [0.15, 0.2) is 36.4 Å². The quantitative estimate of drug-likeness (QED) is 0.613. The summed E-state index contributed by atoms with van der Waals surface area (Å²) < 4.78 is 0. The molecule has 1 aromatic heterocycles. The fourth-order valence-corrected chi connectivity index (χ4v) is 2.31. The monoisotopic (exact) mass is 198 g/mol. The topological polar surface area (TPSA) is 0 Å². The van der Waals surface area contributed by atoms with Crippen molar-refractivity contribution in [3.63, 3.8) is 0 Å². The van der Waals surface area contributed by atoms with Gasteiger partial charge in [0.05, 0.1) is 0 Å². The van der Waals surface area contributed by atoms with Crippen molar-refractivity contribution in [2.24, 2.45) is 0 Å². The number of terminal acetylenes is 1. The molecule has 0 unspecified atom stereocenters. The molecule has 0 fully saturated rings. The molecule has 68 valence electrons. The average Bonchev–Trinajstić information content (AvgIpc) is 2.65. The lowest BCUT2D eigenvalue weighted by atomic mass is 10.1. The third-order valence-corrected chi connectivity index (χ3v) is 3.12. The Balaban J connectivity index is 2.57. The van der Waals surface area contributed by atoms with Gasteiger partial charge < -0.3 is 0 Å². The molecule has 0 radical (unpaired) electrons. The maximum Gasteiger partial charge on any atom is 0.0358 e. The average molecular weight is 198 g/mol. The van der Waals surface area contributed by atoms with Gasteiger partial charge in [-0.25, -0.2) is 0 Å². The molecule has 0 N–H and O–H groups in total. The second-order valence-electron chi connectivity index (χ2n) is 3.10. The molecular formula is C13H10S. The second kappa shape index (κ2) is 3.69. The Bertz CT molecular complexity index is 486. The highest BCUT2D eigenvalue weighted by atomic mass is 32.1. The molecule has 0 aliphatic rings. The van der Waals surface area contributed by atoms with Gasteiger partial charge in [0.15, 0.2) is 0 Å². The number of hydrogen-bond donors (Lipinski definition) is 0.